The molecule has 0 bridgehead atoms. The van der Waals surface area contributed by atoms with E-state index in [4.69, 9.17) is 10.5 Å². The van der Waals surface area contributed by atoms with E-state index in [1.54, 1.807) is 35.1 Å². The van der Waals surface area contributed by atoms with E-state index in [1.165, 1.54) is 0 Å². The van der Waals surface area contributed by atoms with Crippen LogP contribution in [0.25, 0.3) is 22.2 Å². The van der Waals surface area contributed by atoms with E-state index in [0.717, 1.165) is 60.2 Å². The van der Waals surface area contributed by atoms with Crippen molar-refractivity contribution in [1.82, 2.24) is 29.9 Å². The van der Waals surface area contributed by atoms with E-state index < -0.39 is 11.7 Å². The molecule has 14 nitrogen and oxygen atoms in total. The number of methoxy groups -OCH3 is 1. The molecule has 4 amide bonds. The fourth-order valence-corrected chi connectivity index (χ4v) is 9.75. The van der Waals surface area contributed by atoms with Gasteiger partial charge in [0.15, 0.2) is 5.82 Å². The van der Waals surface area contributed by atoms with Crippen LogP contribution in [0.3, 0.4) is 0 Å². The largest absolute Gasteiger partial charge is 0.507 e. The molecule has 4 N–H and O–H groups in total. The normalized spacial score (nSPS) is 21.5. The monoisotopic (exact) mass is 829 g/mol. The number of nitrogens with one attached hydrogen (secondary N) is 1. The summed E-state index contributed by atoms with van der Waals surface area (Å²) in [4.78, 5) is 45.5. The number of imide groups is 1. The summed E-state index contributed by atoms with van der Waals surface area (Å²) in [5, 5.41) is 22.3. The van der Waals surface area contributed by atoms with Crippen LogP contribution >= 0.6 is 0 Å². The van der Waals surface area contributed by atoms with Gasteiger partial charge < -0.3 is 34.8 Å². The molecule has 9 rings (SSSR count). The number of fused-ring (bicyclic) bond motifs is 1. The third-order valence-corrected chi connectivity index (χ3v) is 13.2. The summed E-state index contributed by atoms with van der Waals surface area (Å²) >= 11 is 0. The van der Waals surface area contributed by atoms with Crippen LogP contribution in [0.1, 0.15) is 66.4 Å². The highest BCUT2D eigenvalue weighted by molar-refractivity contribution is 6.06. The van der Waals surface area contributed by atoms with Gasteiger partial charge in [-0.15, -0.1) is 10.2 Å². The molecule has 61 heavy (non-hydrogen) atoms. The molecule has 5 aromatic rings. The number of carbonyl (C=O) groups is 3. The smallest absolute Gasteiger partial charge is 0.328 e. The molecule has 0 aliphatic carbocycles. The van der Waals surface area contributed by atoms with Gasteiger partial charge in [-0.05, 0) is 79.4 Å². The Morgan fingerprint density at radius 1 is 0.934 bits per heavy atom. The molecule has 15 heteroatoms. The fourth-order valence-electron chi connectivity index (χ4n) is 9.75. The number of nitrogen functional groups attached to an aromatic ring is 1. The molecule has 4 aliphatic rings. The summed E-state index contributed by atoms with van der Waals surface area (Å²) in [5.74, 6) is 0.0865. The van der Waals surface area contributed by atoms with Crippen LogP contribution in [0.4, 0.5) is 26.4 Å². The van der Waals surface area contributed by atoms with E-state index in [-0.39, 0.29) is 42.0 Å². The maximum atomic E-state index is 16.4. The number of phenolic OH excluding ortho intramolecular Hbond substituents is 1. The van der Waals surface area contributed by atoms with Crippen LogP contribution in [0.5, 0.6) is 5.75 Å². The van der Waals surface area contributed by atoms with Crippen molar-refractivity contribution < 1.29 is 28.6 Å². The number of hydrogen-bond acceptors (Lipinski definition) is 10. The minimum absolute atomic E-state index is 0.00248. The number of ether oxygens (including phenoxy) is 1. The van der Waals surface area contributed by atoms with Crippen LogP contribution in [-0.4, -0.2) is 119 Å². The Morgan fingerprint density at radius 2 is 1.70 bits per heavy atom. The molecule has 3 aromatic carbocycles. The number of piperidine rings is 3. The van der Waals surface area contributed by atoms with Crippen molar-refractivity contribution in [2.75, 3.05) is 75.0 Å². The van der Waals surface area contributed by atoms with Gasteiger partial charge in [0.25, 0.3) is 5.91 Å². The third kappa shape index (κ3) is 8.23. The van der Waals surface area contributed by atoms with Crippen LogP contribution in [0, 0.1) is 0 Å². The Balaban J connectivity index is 0.779. The van der Waals surface area contributed by atoms with Crippen molar-refractivity contribution >= 4 is 45.9 Å². The lowest BCUT2D eigenvalue weighted by atomic mass is 9.87. The zero-order chi connectivity index (χ0) is 42.3. The number of nitrogens with zero attached hydrogens (tertiary/aromatic N) is 7. The third-order valence-electron chi connectivity index (χ3n) is 13.2. The van der Waals surface area contributed by atoms with Gasteiger partial charge in [-0.2, -0.15) is 0 Å². The lowest BCUT2D eigenvalue weighted by molar-refractivity contribution is -0.120. The van der Waals surface area contributed by atoms with Gasteiger partial charge in [-0.3, -0.25) is 19.8 Å². The minimum Gasteiger partial charge on any atom is -0.507 e. The van der Waals surface area contributed by atoms with Gasteiger partial charge in [0.05, 0.1) is 17.5 Å². The van der Waals surface area contributed by atoms with E-state index >= 15 is 4.39 Å². The number of anilines is 3. The minimum atomic E-state index is -1.35. The quantitative estimate of drug-likeness (QED) is 0.158. The molecule has 4 saturated heterocycles. The number of aromatic hydroxyl groups is 1. The van der Waals surface area contributed by atoms with E-state index in [9.17, 15) is 19.5 Å². The highest BCUT2D eigenvalue weighted by Crippen LogP contribution is 2.38. The Hall–Kier alpha value is -6.06. The lowest BCUT2D eigenvalue weighted by Crippen LogP contribution is -2.51. The van der Waals surface area contributed by atoms with Crippen molar-refractivity contribution in [2.45, 2.75) is 62.3 Å². The van der Waals surface area contributed by atoms with Crippen molar-refractivity contribution in [3.63, 3.8) is 0 Å². The number of rotatable bonds is 9. The number of likely N-dealkylation sites (tertiary alicyclic amines) is 2. The number of alkyl halides is 1. The Bertz CT molecular complexity index is 2430. The van der Waals surface area contributed by atoms with Crippen molar-refractivity contribution in [3.8, 4) is 17.0 Å². The molecule has 0 spiro atoms. The summed E-state index contributed by atoms with van der Waals surface area (Å²) in [6, 6.07) is 24.5. The summed E-state index contributed by atoms with van der Waals surface area (Å²) in [6.45, 7) is 4.36. The number of carbonyl (C=O) groups excluding carboxylic acids is 3. The molecule has 2 aromatic heterocycles. The number of aromatic nitrogens is 3. The number of nitrogens with two attached hydrogens (primary N) is 1. The SMILES string of the molecule is CO[C@@H]1CCN(c2cc(-c3ccccc3O)nnc2N)C[C@H]1c1ccc(C(=O)N2CCC(F)(CN3CCC(n4ccc5cc(N6CCC(=O)NC6=O)ccc54)CC3)CC2)cc1. The fraction of sp³-hybridized carbons (Fsp3) is 0.413. The van der Waals surface area contributed by atoms with Gasteiger partial charge in [0, 0.05) is 125 Å². The molecule has 6 heterocycles. The van der Waals surface area contributed by atoms with Crippen LogP contribution in [0.2, 0.25) is 0 Å². The van der Waals surface area contributed by atoms with Crippen LogP contribution < -0.4 is 20.9 Å². The Morgan fingerprint density at radius 3 is 2.44 bits per heavy atom. The molecule has 0 radical (unpaired) electrons. The van der Waals surface area contributed by atoms with Gasteiger partial charge in [0.2, 0.25) is 5.91 Å². The number of urea groups is 1. The van der Waals surface area contributed by atoms with Gasteiger partial charge >= 0.3 is 6.03 Å². The molecule has 4 aliphatic heterocycles. The predicted octanol–water partition coefficient (Wildman–Crippen LogP) is 6.12. The van der Waals surface area contributed by atoms with Crippen molar-refractivity contribution in [2.24, 2.45) is 0 Å². The van der Waals surface area contributed by atoms with Gasteiger partial charge in [-0.1, -0.05) is 24.3 Å². The number of phenols is 1. The molecular weight excluding hydrogens is 778 g/mol. The van der Waals surface area contributed by atoms with Gasteiger partial charge in [0.1, 0.15) is 11.4 Å². The number of halogens is 1. The molecule has 2 atom stereocenters. The summed E-state index contributed by atoms with van der Waals surface area (Å²) < 4.78 is 24.6. The number of benzene rings is 3. The van der Waals surface area contributed by atoms with Crippen molar-refractivity contribution in [1.29, 1.82) is 0 Å². The first-order valence-electron chi connectivity index (χ1n) is 21.3. The zero-order valence-electron chi connectivity index (χ0n) is 34.4. The maximum Gasteiger partial charge on any atom is 0.328 e. The lowest BCUT2D eigenvalue weighted by Gasteiger charge is -2.41. The van der Waals surface area contributed by atoms with E-state index in [0.29, 0.717) is 74.7 Å². The molecule has 4 fully saturated rings. The van der Waals surface area contributed by atoms with E-state index in [2.05, 4.69) is 42.1 Å². The van der Waals surface area contributed by atoms with Gasteiger partial charge in [-0.25, -0.2) is 9.18 Å². The average Bonchev–Trinajstić information content (AvgIpc) is 3.70. The Kier molecular flexibility index (Phi) is 11.1. The van der Waals surface area contributed by atoms with Crippen LogP contribution in [-0.2, 0) is 9.53 Å². The summed E-state index contributed by atoms with van der Waals surface area (Å²) in [5.41, 5.74) is 10.3. The summed E-state index contributed by atoms with van der Waals surface area (Å²) in [6.07, 6.45) is 5.50. The number of para-hydroxylation sites is 1. The Labute approximate surface area is 354 Å². The highest BCUT2D eigenvalue weighted by Gasteiger charge is 2.39. The second kappa shape index (κ2) is 16.8. The standard InChI is InChI=1S/C46H52FN9O5/c1-61-41-15-21-54(39-27-37(50-51-43(39)48)35-4-2-3-5-40(35)57)28-36(41)30-6-8-31(9-7-30)44(59)53-24-17-46(47,18-25-53)29-52-19-13-33(14-20-52)55-22-12-32-26-34(10-11-38(32)55)56-23-16-42(58)49-45(56)60/h2-12,22,26-27,33,36,41,57H,13-21,23-25,28-29H2,1H3,(H2,48,51)(H,49,58,60)/t36-,41+/m0/s1. The molecule has 0 saturated carbocycles. The first-order valence-corrected chi connectivity index (χ1v) is 21.3. The predicted molar refractivity (Wildman–Crippen MR) is 231 cm³/mol. The second-order valence-electron chi connectivity index (χ2n) is 16.9. The number of hydrogen-bond donors (Lipinski definition) is 3. The first-order chi connectivity index (χ1) is 29.6. The molecule has 318 valence electrons. The maximum absolute atomic E-state index is 16.4. The molecular formula is C46H52FN9O5. The zero-order valence-corrected chi connectivity index (χ0v) is 34.4. The first kappa shape index (κ1) is 40.4. The second-order valence-corrected chi connectivity index (χ2v) is 16.9. The summed E-state index contributed by atoms with van der Waals surface area (Å²) in [7, 11) is 1.72. The molecule has 0 unspecified atom stereocenters. The number of amides is 4. The van der Waals surface area contributed by atoms with Crippen LogP contribution in [0.15, 0.2) is 85.1 Å². The van der Waals surface area contributed by atoms with Crippen molar-refractivity contribution in [3.05, 3.63) is 96.2 Å². The topological polar surface area (TPSA) is 162 Å². The highest BCUT2D eigenvalue weighted by atomic mass is 19.1. The average molecular weight is 830 g/mol. The van der Waals surface area contributed by atoms with E-state index in [1.807, 2.05) is 54.6 Å².